The maximum atomic E-state index is 13.5. The highest BCUT2D eigenvalue weighted by atomic mass is 16.3. The first kappa shape index (κ1) is 19.0. The zero-order valence-corrected chi connectivity index (χ0v) is 16.9. The van der Waals surface area contributed by atoms with E-state index in [0.717, 1.165) is 11.4 Å². The SMILES string of the molecule is O=C(c1cc(-c2ccco2)nn1-c1ccccc1)N1CCN(c2cccc(O)c2)CC1. The van der Waals surface area contributed by atoms with Gasteiger partial charge in [-0.15, -0.1) is 0 Å². The second-order valence-corrected chi connectivity index (χ2v) is 7.44. The van der Waals surface area contributed by atoms with Crippen LogP contribution in [0.15, 0.2) is 83.5 Å². The minimum Gasteiger partial charge on any atom is -0.508 e. The molecule has 31 heavy (non-hydrogen) atoms. The lowest BCUT2D eigenvalue weighted by Crippen LogP contribution is -2.49. The molecule has 2 aromatic heterocycles. The number of anilines is 1. The Hall–Kier alpha value is -4.00. The molecular formula is C24H22N4O3. The van der Waals surface area contributed by atoms with Gasteiger partial charge in [-0.05, 0) is 36.4 Å². The summed E-state index contributed by atoms with van der Waals surface area (Å²) in [5, 5.41) is 14.4. The molecule has 2 aromatic carbocycles. The first-order valence-corrected chi connectivity index (χ1v) is 10.2. The molecule has 5 rings (SSSR count). The Morgan fingerprint density at radius 2 is 1.65 bits per heavy atom. The highest BCUT2D eigenvalue weighted by molar-refractivity contribution is 5.94. The summed E-state index contributed by atoms with van der Waals surface area (Å²) in [6, 6.07) is 22.3. The Bertz CT molecular complexity index is 1180. The minimum absolute atomic E-state index is 0.0651. The number of furan rings is 1. The summed E-state index contributed by atoms with van der Waals surface area (Å²) in [7, 11) is 0. The van der Waals surface area contributed by atoms with Crippen LogP contribution in [-0.2, 0) is 0 Å². The number of aromatic nitrogens is 2. The summed E-state index contributed by atoms with van der Waals surface area (Å²) in [5.41, 5.74) is 2.91. The number of para-hydroxylation sites is 1. The molecule has 4 aromatic rings. The number of rotatable bonds is 4. The van der Waals surface area contributed by atoms with Gasteiger partial charge in [0.25, 0.3) is 5.91 Å². The molecule has 1 fully saturated rings. The van der Waals surface area contributed by atoms with Crippen LogP contribution in [-0.4, -0.2) is 51.9 Å². The number of nitrogens with zero attached hydrogens (tertiary/aromatic N) is 4. The largest absolute Gasteiger partial charge is 0.508 e. The highest BCUT2D eigenvalue weighted by Crippen LogP contribution is 2.25. The van der Waals surface area contributed by atoms with Crippen LogP contribution in [0, 0.1) is 0 Å². The predicted molar refractivity (Wildman–Crippen MR) is 117 cm³/mol. The number of piperazine rings is 1. The van der Waals surface area contributed by atoms with Crippen molar-refractivity contribution in [1.82, 2.24) is 14.7 Å². The van der Waals surface area contributed by atoms with Gasteiger partial charge in [-0.2, -0.15) is 5.10 Å². The third kappa shape index (κ3) is 3.77. The average molecular weight is 414 g/mol. The molecule has 7 nitrogen and oxygen atoms in total. The van der Waals surface area contributed by atoms with Crippen LogP contribution in [0.4, 0.5) is 5.69 Å². The number of carbonyl (C=O) groups excluding carboxylic acids is 1. The lowest BCUT2D eigenvalue weighted by Gasteiger charge is -2.36. The fourth-order valence-electron chi connectivity index (χ4n) is 3.86. The van der Waals surface area contributed by atoms with Crippen molar-refractivity contribution in [3.8, 4) is 22.9 Å². The molecular weight excluding hydrogens is 392 g/mol. The van der Waals surface area contributed by atoms with Crippen molar-refractivity contribution >= 4 is 11.6 Å². The van der Waals surface area contributed by atoms with Crippen LogP contribution in [0.25, 0.3) is 17.1 Å². The molecule has 0 unspecified atom stereocenters. The van der Waals surface area contributed by atoms with Crippen molar-refractivity contribution in [2.24, 2.45) is 0 Å². The van der Waals surface area contributed by atoms with E-state index in [1.165, 1.54) is 0 Å². The van der Waals surface area contributed by atoms with Gasteiger partial charge in [-0.1, -0.05) is 24.3 Å². The molecule has 1 N–H and O–H groups in total. The first-order valence-electron chi connectivity index (χ1n) is 10.2. The van der Waals surface area contributed by atoms with Crippen LogP contribution < -0.4 is 4.90 Å². The third-order valence-electron chi connectivity index (χ3n) is 5.46. The van der Waals surface area contributed by atoms with Crippen molar-refractivity contribution in [1.29, 1.82) is 0 Å². The fourth-order valence-corrected chi connectivity index (χ4v) is 3.86. The van der Waals surface area contributed by atoms with Crippen molar-refractivity contribution in [3.63, 3.8) is 0 Å². The van der Waals surface area contributed by atoms with Gasteiger partial charge in [0.05, 0.1) is 12.0 Å². The number of benzene rings is 2. The summed E-state index contributed by atoms with van der Waals surface area (Å²) >= 11 is 0. The summed E-state index contributed by atoms with van der Waals surface area (Å²) in [5.74, 6) is 0.801. The normalized spacial score (nSPS) is 14.1. The van der Waals surface area contributed by atoms with E-state index in [4.69, 9.17) is 4.42 Å². The quantitative estimate of drug-likeness (QED) is 0.550. The number of hydrogen-bond acceptors (Lipinski definition) is 5. The first-order chi connectivity index (χ1) is 15.2. The molecule has 0 bridgehead atoms. The van der Waals surface area contributed by atoms with Gasteiger partial charge in [0, 0.05) is 44.0 Å². The zero-order chi connectivity index (χ0) is 21.2. The van der Waals surface area contributed by atoms with Gasteiger partial charge in [0.2, 0.25) is 0 Å². The Balaban J connectivity index is 1.40. The number of hydrogen-bond donors (Lipinski definition) is 1. The monoisotopic (exact) mass is 414 g/mol. The topological polar surface area (TPSA) is 74.7 Å². The molecule has 0 radical (unpaired) electrons. The van der Waals surface area contributed by atoms with E-state index in [2.05, 4.69) is 10.00 Å². The Kier molecular flexibility index (Phi) is 4.92. The van der Waals surface area contributed by atoms with E-state index in [0.29, 0.717) is 43.3 Å². The number of amides is 1. The summed E-state index contributed by atoms with van der Waals surface area (Å²) < 4.78 is 7.18. The molecule has 0 saturated carbocycles. The molecule has 0 spiro atoms. The van der Waals surface area contributed by atoms with Crippen molar-refractivity contribution in [2.45, 2.75) is 0 Å². The van der Waals surface area contributed by atoms with Crippen LogP contribution in [0.5, 0.6) is 5.75 Å². The van der Waals surface area contributed by atoms with Crippen LogP contribution in [0.1, 0.15) is 10.5 Å². The van der Waals surface area contributed by atoms with Gasteiger partial charge in [-0.3, -0.25) is 4.79 Å². The number of phenols is 1. The highest BCUT2D eigenvalue weighted by Gasteiger charge is 2.27. The Morgan fingerprint density at radius 1 is 0.871 bits per heavy atom. The van der Waals surface area contributed by atoms with Crippen molar-refractivity contribution in [3.05, 3.63) is 84.8 Å². The summed E-state index contributed by atoms with van der Waals surface area (Å²) in [6.45, 7) is 2.56. The summed E-state index contributed by atoms with van der Waals surface area (Å²) in [6.07, 6.45) is 1.60. The van der Waals surface area contributed by atoms with Gasteiger partial charge in [0.15, 0.2) is 5.76 Å². The average Bonchev–Trinajstić information content (AvgIpc) is 3.49. The van der Waals surface area contributed by atoms with Crippen LogP contribution in [0.2, 0.25) is 0 Å². The third-order valence-corrected chi connectivity index (χ3v) is 5.46. The molecule has 1 amide bonds. The van der Waals surface area contributed by atoms with Crippen LogP contribution >= 0.6 is 0 Å². The van der Waals surface area contributed by atoms with Gasteiger partial charge in [0.1, 0.15) is 17.1 Å². The fraction of sp³-hybridized carbons (Fsp3) is 0.167. The molecule has 1 saturated heterocycles. The maximum absolute atomic E-state index is 13.5. The Morgan fingerprint density at radius 3 is 2.35 bits per heavy atom. The summed E-state index contributed by atoms with van der Waals surface area (Å²) in [4.78, 5) is 17.5. The van der Waals surface area contributed by atoms with Crippen molar-refractivity contribution in [2.75, 3.05) is 31.1 Å². The minimum atomic E-state index is -0.0651. The van der Waals surface area contributed by atoms with E-state index in [-0.39, 0.29) is 11.7 Å². The van der Waals surface area contributed by atoms with E-state index in [1.54, 1.807) is 35.2 Å². The maximum Gasteiger partial charge on any atom is 0.272 e. The standard InChI is InChI=1S/C24H22N4O3/c29-20-9-4-8-19(16-20)26-11-13-27(14-12-26)24(30)22-17-21(23-10-5-15-31-23)25-28(22)18-6-2-1-3-7-18/h1-10,15-17,29H,11-14H2. The number of phenolic OH excluding ortho intramolecular Hbond substituents is 1. The van der Waals surface area contributed by atoms with E-state index in [1.807, 2.05) is 53.4 Å². The van der Waals surface area contributed by atoms with E-state index < -0.39 is 0 Å². The Labute approximate surface area is 179 Å². The van der Waals surface area contributed by atoms with Gasteiger partial charge in [-0.25, -0.2) is 4.68 Å². The van der Waals surface area contributed by atoms with Gasteiger partial charge >= 0.3 is 0 Å². The van der Waals surface area contributed by atoms with Crippen LogP contribution in [0.3, 0.4) is 0 Å². The smallest absolute Gasteiger partial charge is 0.272 e. The van der Waals surface area contributed by atoms with E-state index in [9.17, 15) is 9.90 Å². The van der Waals surface area contributed by atoms with E-state index >= 15 is 0 Å². The second kappa shape index (κ2) is 8.02. The molecule has 0 atom stereocenters. The lowest BCUT2D eigenvalue weighted by atomic mass is 10.2. The number of aromatic hydroxyl groups is 1. The van der Waals surface area contributed by atoms with Gasteiger partial charge < -0.3 is 19.3 Å². The lowest BCUT2D eigenvalue weighted by molar-refractivity contribution is 0.0737. The molecule has 3 heterocycles. The molecule has 156 valence electrons. The van der Waals surface area contributed by atoms with Crippen molar-refractivity contribution < 1.29 is 14.3 Å². The zero-order valence-electron chi connectivity index (χ0n) is 16.9. The molecule has 0 aliphatic carbocycles. The molecule has 1 aliphatic rings. The molecule has 7 heteroatoms. The molecule has 1 aliphatic heterocycles. The second-order valence-electron chi connectivity index (χ2n) is 7.44. The number of carbonyl (C=O) groups is 1. The predicted octanol–water partition coefficient (Wildman–Crippen LogP) is 3.80.